The summed E-state index contributed by atoms with van der Waals surface area (Å²) in [5.41, 5.74) is 2.75. The lowest BCUT2D eigenvalue weighted by Gasteiger charge is -2.40. The van der Waals surface area contributed by atoms with Crippen molar-refractivity contribution < 1.29 is 14.7 Å². The molecule has 1 aliphatic carbocycles. The number of pyridine rings is 1. The third kappa shape index (κ3) is 4.26. The fraction of sp³-hybridized carbons (Fsp3) is 0.304. The van der Waals surface area contributed by atoms with Gasteiger partial charge in [-0.1, -0.05) is 24.3 Å². The van der Waals surface area contributed by atoms with Crippen LogP contribution in [0.1, 0.15) is 48.2 Å². The minimum atomic E-state index is -0.896. The lowest BCUT2D eigenvalue weighted by Crippen LogP contribution is -2.46. The van der Waals surface area contributed by atoms with Gasteiger partial charge in [0, 0.05) is 23.8 Å². The van der Waals surface area contributed by atoms with Crippen LogP contribution in [0, 0.1) is 5.41 Å². The molecule has 7 heteroatoms. The quantitative estimate of drug-likeness (QED) is 0.638. The van der Waals surface area contributed by atoms with Crippen molar-refractivity contribution in [2.75, 3.05) is 0 Å². The second-order valence-corrected chi connectivity index (χ2v) is 8.79. The Bertz CT molecular complexity index is 1020. The van der Waals surface area contributed by atoms with Crippen molar-refractivity contribution in [1.29, 1.82) is 0 Å². The second kappa shape index (κ2) is 8.36. The fourth-order valence-electron chi connectivity index (χ4n) is 4.30. The van der Waals surface area contributed by atoms with Crippen LogP contribution < -0.4 is 5.32 Å². The van der Waals surface area contributed by atoms with Gasteiger partial charge in [-0.2, -0.15) is 4.37 Å². The molecule has 1 fully saturated rings. The molecule has 1 aromatic carbocycles. The van der Waals surface area contributed by atoms with E-state index in [-0.39, 0.29) is 17.9 Å². The monoisotopic (exact) mass is 421 g/mol. The number of aliphatic carboxylic acids is 1. The Balaban J connectivity index is 1.55. The van der Waals surface area contributed by atoms with E-state index in [9.17, 15) is 14.7 Å². The number of hydrogen-bond acceptors (Lipinski definition) is 5. The van der Waals surface area contributed by atoms with E-state index in [0.29, 0.717) is 25.0 Å². The van der Waals surface area contributed by atoms with Gasteiger partial charge in [-0.3, -0.25) is 14.6 Å². The van der Waals surface area contributed by atoms with Gasteiger partial charge in [-0.15, -0.1) is 0 Å². The zero-order valence-corrected chi connectivity index (χ0v) is 17.4. The highest BCUT2D eigenvalue weighted by Crippen LogP contribution is 2.44. The SMILES string of the molecule is CC1(C(=O)O)CC(NC(=O)c2ccsn2)CC(c2ccc(-c3ccncc3)cc2)C1. The smallest absolute Gasteiger partial charge is 0.309 e. The number of nitrogens with zero attached hydrogens (tertiary/aromatic N) is 2. The highest BCUT2D eigenvalue weighted by atomic mass is 32.1. The van der Waals surface area contributed by atoms with Gasteiger partial charge in [-0.25, -0.2) is 0 Å². The molecule has 3 aromatic rings. The number of carbonyl (C=O) groups excluding carboxylic acids is 1. The summed E-state index contributed by atoms with van der Waals surface area (Å²) in [6, 6.07) is 13.6. The topological polar surface area (TPSA) is 92.2 Å². The van der Waals surface area contributed by atoms with Crippen LogP contribution in [0.15, 0.2) is 60.2 Å². The van der Waals surface area contributed by atoms with E-state index >= 15 is 0 Å². The average Bonchev–Trinajstić information content (AvgIpc) is 3.29. The first kappa shape index (κ1) is 20.2. The molecule has 6 nitrogen and oxygen atoms in total. The van der Waals surface area contributed by atoms with E-state index < -0.39 is 11.4 Å². The van der Waals surface area contributed by atoms with E-state index in [1.54, 1.807) is 30.8 Å². The molecule has 4 rings (SSSR count). The molecule has 0 aliphatic heterocycles. The standard InChI is InChI=1S/C23H23N3O3S/c1-23(22(28)29)13-18(12-19(14-23)25-21(27)20-8-11-30-26-20)16-4-2-15(3-5-16)17-6-9-24-10-7-17/h2-11,18-19H,12-14H2,1H3,(H,25,27)(H,28,29). The van der Waals surface area contributed by atoms with Crippen molar-refractivity contribution in [2.45, 2.75) is 38.1 Å². The largest absolute Gasteiger partial charge is 0.481 e. The third-order valence-electron chi connectivity index (χ3n) is 5.88. The summed E-state index contributed by atoms with van der Waals surface area (Å²) >= 11 is 1.22. The first-order chi connectivity index (χ1) is 14.4. The predicted octanol–water partition coefficient (Wildman–Crippen LogP) is 4.36. The molecule has 3 atom stereocenters. The minimum absolute atomic E-state index is 0.0482. The summed E-state index contributed by atoms with van der Waals surface area (Å²) in [6.07, 6.45) is 5.17. The first-order valence-corrected chi connectivity index (χ1v) is 10.7. The molecule has 0 saturated heterocycles. The van der Waals surface area contributed by atoms with Crippen molar-refractivity contribution in [3.05, 3.63) is 71.5 Å². The van der Waals surface area contributed by atoms with Crippen LogP contribution in [-0.2, 0) is 4.79 Å². The van der Waals surface area contributed by atoms with Crippen LogP contribution in [0.4, 0.5) is 0 Å². The Labute approximate surface area is 179 Å². The van der Waals surface area contributed by atoms with Gasteiger partial charge in [-0.05, 0) is 78.5 Å². The summed E-state index contributed by atoms with van der Waals surface area (Å²) in [5.74, 6) is -1.02. The van der Waals surface area contributed by atoms with Gasteiger partial charge in [0.15, 0.2) is 0 Å². The van der Waals surface area contributed by atoms with Gasteiger partial charge in [0.05, 0.1) is 5.41 Å². The molecule has 2 aromatic heterocycles. The van der Waals surface area contributed by atoms with Crippen LogP contribution in [0.2, 0.25) is 0 Å². The highest BCUT2D eigenvalue weighted by Gasteiger charge is 2.43. The molecule has 0 bridgehead atoms. The van der Waals surface area contributed by atoms with Crippen molar-refractivity contribution in [2.24, 2.45) is 5.41 Å². The van der Waals surface area contributed by atoms with Crippen molar-refractivity contribution >= 4 is 23.4 Å². The summed E-state index contributed by atoms with van der Waals surface area (Å²) < 4.78 is 4.08. The molecule has 1 saturated carbocycles. The number of hydrogen-bond donors (Lipinski definition) is 2. The second-order valence-electron chi connectivity index (χ2n) is 8.12. The predicted molar refractivity (Wildman–Crippen MR) is 115 cm³/mol. The van der Waals surface area contributed by atoms with Gasteiger partial charge in [0.25, 0.3) is 5.91 Å². The summed E-state index contributed by atoms with van der Waals surface area (Å²) in [4.78, 5) is 28.6. The van der Waals surface area contributed by atoms with Crippen LogP contribution in [0.5, 0.6) is 0 Å². The maximum Gasteiger partial charge on any atom is 0.309 e. The minimum Gasteiger partial charge on any atom is -0.481 e. The molecule has 2 N–H and O–H groups in total. The molecule has 3 unspecified atom stereocenters. The van der Waals surface area contributed by atoms with Gasteiger partial charge in [0.1, 0.15) is 5.69 Å². The number of aromatic nitrogens is 2. The average molecular weight is 422 g/mol. The zero-order valence-electron chi connectivity index (χ0n) is 16.6. The van der Waals surface area contributed by atoms with Crippen LogP contribution in [0.25, 0.3) is 11.1 Å². The summed E-state index contributed by atoms with van der Waals surface area (Å²) in [5, 5.41) is 14.6. The third-order valence-corrected chi connectivity index (χ3v) is 6.44. The lowest BCUT2D eigenvalue weighted by atomic mass is 9.67. The molecule has 154 valence electrons. The molecule has 1 aliphatic rings. The van der Waals surface area contributed by atoms with Crippen molar-refractivity contribution in [3.63, 3.8) is 0 Å². The molecular formula is C23H23N3O3S. The lowest BCUT2D eigenvalue weighted by molar-refractivity contribution is -0.150. The van der Waals surface area contributed by atoms with E-state index in [0.717, 1.165) is 16.7 Å². The number of amides is 1. The molecular weight excluding hydrogens is 398 g/mol. The molecule has 0 spiro atoms. The number of nitrogens with one attached hydrogen (secondary N) is 1. The van der Waals surface area contributed by atoms with Crippen molar-refractivity contribution in [1.82, 2.24) is 14.7 Å². The van der Waals surface area contributed by atoms with Crippen molar-refractivity contribution in [3.8, 4) is 11.1 Å². The number of carboxylic acids is 1. The molecule has 30 heavy (non-hydrogen) atoms. The highest BCUT2D eigenvalue weighted by molar-refractivity contribution is 7.03. The fourth-order valence-corrected chi connectivity index (χ4v) is 4.81. The van der Waals surface area contributed by atoms with Gasteiger partial charge < -0.3 is 10.4 Å². The normalized spacial score (nSPS) is 23.6. The van der Waals surface area contributed by atoms with E-state index in [4.69, 9.17) is 0 Å². The molecule has 0 radical (unpaired) electrons. The molecule has 1 amide bonds. The van der Waals surface area contributed by atoms with Crippen LogP contribution >= 0.6 is 11.5 Å². The van der Waals surface area contributed by atoms with E-state index in [1.807, 2.05) is 12.1 Å². The number of rotatable bonds is 5. The Morgan fingerprint density at radius 1 is 1.07 bits per heavy atom. The first-order valence-electron chi connectivity index (χ1n) is 9.89. The Kier molecular flexibility index (Phi) is 5.63. The number of carboxylic acid groups (broad SMARTS) is 1. The van der Waals surface area contributed by atoms with Crippen LogP contribution in [-0.4, -0.2) is 32.4 Å². The van der Waals surface area contributed by atoms with E-state index in [1.165, 1.54) is 11.5 Å². The summed E-state index contributed by atoms with van der Waals surface area (Å²) in [7, 11) is 0. The zero-order chi connectivity index (χ0) is 21.1. The molecule has 2 heterocycles. The van der Waals surface area contributed by atoms with E-state index in [2.05, 4.69) is 38.9 Å². The van der Waals surface area contributed by atoms with Gasteiger partial charge >= 0.3 is 5.97 Å². The maximum atomic E-state index is 12.5. The Morgan fingerprint density at radius 2 is 1.77 bits per heavy atom. The maximum absolute atomic E-state index is 12.5. The van der Waals surface area contributed by atoms with Gasteiger partial charge in [0.2, 0.25) is 0 Å². The Hall–Kier alpha value is -3.06. The number of benzene rings is 1. The summed E-state index contributed by atoms with van der Waals surface area (Å²) in [6.45, 7) is 1.77. The number of carbonyl (C=O) groups is 2. The van der Waals surface area contributed by atoms with Crippen LogP contribution in [0.3, 0.4) is 0 Å². The Morgan fingerprint density at radius 3 is 2.40 bits per heavy atom.